The first-order valence-corrected chi connectivity index (χ1v) is 9.87. The highest BCUT2D eigenvalue weighted by molar-refractivity contribution is 7.89. The van der Waals surface area contributed by atoms with E-state index in [1.54, 1.807) is 11.3 Å². The molecule has 0 spiro atoms. The minimum atomic E-state index is -3.19. The summed E-state index contributed by atoms with van der Waals surface area (Å²) in [5.74, 6) is 0.169. The second-order valence-electron chi connectivity index (χ2n) is 5.29. The molecule has 0 unspecified atom stereocenters. The number of hydrogen-bond donors (Lipinski definition) is 1. The summed E-state index contributed by atoms with van der Waals surface area (Å²) in [6.07, 6.45) is 2.13. The van der Waals surface area contributed by atoms with Crippen LogP contribution < -0.4 is 4.72 Å². The summed E-state index contributed by atoms with van der Waals surface area (Å²) in [6.45, 7) is 4.37. The fourth-order valence-corrected chi connectivity index (χ4v) is 4.33. The summed E-state index contributed by atoms with van der Waals surface area (Å²) in [4.78, 5) is 5.51. The van der Waals surface area contributed by atoms with E-state index in [4.69, 9.17) is 0 Å². The Kier molecular flexibility index (Phi) is 6.11. The van der Waals surface area contributed by atoms with E-state index in [9.17, 15) is 8.42 Å². The zero-order chi connectivity index (χ0) is 16.0. The first-order valence-electron chi connectivity index (χ1n) is 7.40. The van der Waals surface area contributed by atoms with E-state index in [0.717, 1.165) is 22.0 Å². The van der Waals surface area contributed by atoms with Crippen LogP contribution in [0.2, 0.25) is 0 Å². The van der Waals surface area contributed by atoms with Gasteiger partial charge in [0.2, 0.25) is 10.0 Å². The summed E-state index contributed by atoms with van der Waals surface area (Å²) in [5.41, 5.74) is 2.18. The van der Waals surface area contributed by atoms with Gasteiger partial charge in [0.25, 0.3) is 0 Å². The molecule has 1 heterocycles. The third-order valence-electron chi connectivity index (χ3n) is 3.39. The van der Waals surface area contributed by atoms with E-state index in [1.165, 1.54) is 5.56 Å². The van der Waals surface area contributed by atoms with Crippen molar-refractivity contribution in [3.63, 3.8) is 0 Å². The Labute approximate surface area is 136 Å². The van der Waals surface area contributed by atoms with Gasteiger partial charge in [0, 0.05) is 11.4 Å². The Morgan fingerprint density at radius 2 is 1.86 bits per heavy atom. The van der Waals surface area contributed by atoms with Crippen molar-refractivity contribution < 1.29 is 8.42 Å². The molecular weight excluding hydrogens is 316 g/mol. The molecule has 2 rings (SSSR count). The second-order valence-corrected chi connectivity index (χ2v) is 8.51. The van der Waals surface area contributed by atoms with Gasteiger partial charge in [0.15, 0.2) is 0 Å². The Morgan fingerprint density at radius 3 is 2.50 bits per heavy atom. The predicted molar refractivity (Wildman–Crippen MR) is 91.8 cm³/mol. The van der Waals surface area contributed by atoms with Crippen LogP contribution >= 0.6 is 11.3 Å². The van der Waals surface area contributed by atoms with Crippen LogP contribution in [-0.2, 0) is 22.9 Å². The van der Waals surface area contributed by atoms with Gasteiger partial charge in [-0.2, -0.15) is 0 Å². The molecule has 0 amide bonds. The lowest BCUT2D eigenvalue weighted by Crippen LogP contribution is -2.28. The van der Waals surface area contributed by atoms with Gasteiger partial charge in [-0.3, -0.25) is 0 Å². The van der Waals surface area contributed by atoms with E-state index in [2.05, 4.69) is 9.71 Å². The summed E-state index contributed by atoms with van der Waals surface area (Å²) < 4.78 is 26.6. The summed E-state index contributed by atoms with van der Waals surface area (Å²) in [6, 6.07) is 9.96. The molecule has 0 atom stereocenters. The third kappa shape index (κ3) is 5.51. The maximum atomic E-state index is 12.0. The number of nitrogens with one attached hydrogen (secondary N) is 1. The normalized spacial score (nSPS) is 11.7. The van der Waals surface area contributed by atoms with Crippen LogP contribution in [0.15, 0.2) is 30.3 Å². The molecule has 0 bridgehead atoms. The number of sulfonamides is 1. The number of aromatic nitrogens is 1. The molecule has 1 aromatic carbocycles. The Hall–Kier alpha value is -1.24. The zero-order valence-electron chi connectivity index (χ0n) is 13.0. The van der Waals surface area contributed by atoms with Crippen LogP contribution in [-0.4, -0.2) is 25.7 Å². The van der Waals surface area contributed by atoms with E-state index >= 15 is 0 Å². The average Bonchev–Trinajstić information content (AvgIpc) is 2.78. The Balaban J connectivity index is 1.73. The molecule has 0 radical (unpaired) electrons. The van der Waals surface area contributed by atoms with Crippen LogP contribution in [0.4, 0.5) is 0 Å². The van der Waals surface area contributed by atoms with Crippen LogP contribution in [0.3, 0.4) is 0 Å². The van der Waals surface area contributed by atoms with Gasteiger partial charge in [-0.05, 0) is 38.7 Å². The van der Waals surface area contributed by atoms with E-state index in [1.807, 2.05) is 44.2 Å². The van der Waals surface area contributed by atoms with Gasteiger partial charge in [-0.1, -0.05) is 30.3 Å². The monoisotopic (exact) mass is 338 g/mol. The maximum Gasteiger partial charge on any atom is 0.211 e. The average molecular weight is 338 g/mol. The first kappa shape index (κ1) is 17.1. The van der Waals surface area contributed by atoms with Crippen molar-refractivity contribution in [3.05, 3.63) is 51.5 Å². The summed E-state index contributed by atoms with van der Waals surface area (Å²) in [7, 11) is -3.19. The lowest BCUT2D eigenvalue weighted by Gasteiger charge is -2.06. The van der Waals surface area contributed by atoms with Gasteiger partial charge < -0.3 is 0 Å². The van der Waals surface area contributed by atoms with E-state index < -0.39 is 10.0 Å². The molecular formula is C16H22N2O2S2. The molecule has 22 heavy (non-hydrogen) atoms. The molecule has 120 valence electrons. The number of rotatable bonds is 8. The number of hydrogen-bond acceptors (Lipinski definition) is 4. The molecule has 0 aliphatic carbocycles. The summed E-state index contributed by atoms with van der Waals surface area (Å²) >= 11 is 1.63. The lowest BCUT2D eigenvalue weighted by atomic mass is 10.1. The highest BCUT2D eigenvalue weighted by Crippen LogP contribution is 2.17. The Bertz CT molecular complexity index is 694. The topological polar surface area (TPSA) is 59.1 Å². The van der Waals surface area contributed by atoms with Gasteiger partial charge in [-0.15, -0.1) is 11.3 Å². The number of aryl methyl sites for hydroxylation is 3. The molecule has 0 fully saturated rings. The smallest absolute Gasteiger partial charge is 0.211 e. The van der Waals surface area contributed by atoms with E-state index in [-0.39, 0.29) is 5.75 Å². The quantitative estimate of drug-likeness (QED) is 0.805. The molecule has 1 aromatic heterocycles. The molecule has 0 aliphatic heterocycles. The fourth-order valence-electron chi connectivity index (χ4n) is 2.31. The van der Waals surface area contributed by atoms with Crippen molar-refractivity contribution in [1.29, 1.82) is 0 Å². The fraction of sp³-hybridized carbons (Fsp3) is 0.438. The van der Waals surface area contributed by atoms with Gasteiger partial charge in [-0.25, -0.2) is 18.1 Å². The molecule has 0 saturated heterocycles. The maximum absolute atomic E-state index is 12.0. The minimum absolute atomic E-state index is 0.169. The third-order valence-corrected chi connectivity index (χ3v) is 6.00. The second kappa shape index (κ2) is 7.85. The van der Waals surface area contributed by atoms with Crippen LogP contribution in [0, 0.1) is 13.8 Å². The lowest BCUT2D eigenvalue weighted by molar-refractivity contribution is 0.579. The van der Waals surface area contributed by atoms with Gasteiger partial charge in [0.05, 0.1) is 16.5 Å². The molecule has 0 saturated carbocycles. The van der Waals surface area contributed by atoms with Crippen molar-refractivity contribution in [2.75, 3.05) is 12.3 Å². The molecule has 0 aliphatic rings. The highest BCUT2D eigenvalue weighted by atomic mass is 32.2. The van der Waals surface area contributed by atoms with Crippen molar-refractivity contribution in [3.8, 4) is 0 Å². The first-order chi connectivity index (χ1) is 10.5. The van der Waals surface area contributed by atoms with Crippen molar-refractivity contribution in [2.24, 2.45) is 0 Å². The van der Waals surface area contributed by atoms with Crippen molar-refractivity contribution in [2.45, 2.75) is 33.1 Å². The van der Waals surface area contributed by atoms with Crippen molar-refractivity contribution >= 4 is 21.4 Å². The number of nitrogens with zero attached hydrogens (tertiary/aromatic N) is 1. The van der Waals surface area contributed by atoms with Crippen LogP contribution in [0.1, 0.15) is 27.6 Å². The van der Waals surface area contributed by atoms with E-state index in [0.29, 0.717) is 19.4 Å². The van der Waals surface area contributed by atoms with Crippen LogP contribution in [0.5, 0.6) is 0 Å². The predicted octanol–water partition coefficient (Wildman–Crippen LogP) is 2.85. The standard InChI is InChI=1S/C16H22N2O2S2/c1-13-16(21-14(2)18-13)10-11-17-22(19,20)12-6-9-15-7-4-3-5-8-15/h3-5,7-8,17H,6,9-12H2,1-2H3. The van der Waals surface area contributed by atoms with Gasteiger partial charge in [0.1, 0.15) is 0 Å². The largest absolute Gasteiger partial charge is 0.247 e. The SMILES string of the molecule is Cc1nc(C)c(CCNS(=O)(=O)CCCc2ccccc2)s1. The summed E-state index contributed by atoms with van der Waals surface area (Å²) in [5, 5.41) is 1.03. The molecule has 1 N–H and O–H groups in total. The molecule has 4 nitrogen and oxygen atoms in total. The van der Waals surface area contributed by atoms with Gasteiger partial charge >= 0.3 is 0 Å². The number of thiazole rings is 1. The zero-order valence-corrected chi connectivity index (χ0v) is 14.6. The minimum Gasteiger partial charge on any atom is -0.247 e. The number of benzene rings is 1. The van der Waals surface area contributed by atoms with Crippen molar-refractivity contribution in [1.82, 2.24) is 9.71 Å². The molecule has 2 aromatic rings. The molecule has 6 heteroatoms. The van der Waals surface area contributed by atoms with Crippen LogP contribution in [0.25, 0.3) is 0 Å². The highest BCUT2D eigenvalue weighted by Gasteiger charge is 2.11. The Morgan fingerprint density at radius 1 is 1.14 bits per heavy atom.